The summed E-state index contributed by atoms with van der Waals surface area (Å²) in [6.07, 6.45) is -6.00. The van der Waals surface area contributed by atoms with Crippen LogP contribution in [0.3, 0.4) is 0 Å². The van der Waals surface area contributed by atoms with Gasteiger partial charge in [0.25, 0.3) is 0 Å². The molecule has 0 unspecified atom stereocenters. The van der Waals surface area contributed by atoms with Gasteiger partial charge in [0, 0.05) is 5.56 Å². The minimum atomic E-state index is -6.00. The quantitative estimate of drug-likeness (QED) is 0.827. The summed E-state index contributed by atoms with van der Waals surface area (Å²) in [6, 6.07) is 0.697. The number of halogens is 6. The van der Waals surface area contributed by atoms with Crippen LogP contribution in [0.25, 0.3) is 0 Å². The fourth-order valence-electron chi connectivity index (χ4n) is 1.12. The first kappa shape index (κ1) is 13.3. The maximum Gasteiger partial charge on any atom is 0.458 e. The normalized spacial score (nSPS) is 12.6. The van der Waals surface area contributed by atoms with E-state index in [9.17, 15) is 31.1 Å². The van der Waals surface area contributed by atoms with Gasteiger partial charge in [0.2, 0.25) is 0 Å². The Bertz CT molecular complexity index is 451. The molecule has 1 rings (SSSR count). The van der Waals surface area contributed by atoms with Crippen LogP contribution in [-0.4, -0.2) is 17.3 Å². The van der Waals surface area contributed by atoms with Gasteiger partial charge in [-0.1, -0.05) is 0 Å². The summed E-state index contributed by atoms with van der Waals surface area (Å²) in [5.41, 5.74) is -3.22. The van der Waals surface area contributed by atoms with Crippen LogP contribution in [0.5, 0.6) is 0 Å². The van der Waals surface area contributed by atoms with Crippen LogP contribution in [0.2, 0.25) is 0 Å². The van der Waals surface area contributed by atoms with E-state index in [2.05, 4.69) is 0 Å². The van der Waals surface area contributed by atoms with Gasteiger partial charge >= 0.3 is 18.1 Å². The first-order valence-electron chi connectivity index (χ1n) is 4.05. The largest absolute Gasteiger partial charge is 0.478 e. The second-order valence-electron chi connectivity index (χ2n) is 3.07. The van der Waals surface area contributed by atoms with Gasteiger partial charge in [-0.25, -0.2) is 9.18 Å². The lowest BCUT2D eigenvalue weighted by Crippen LogP contribution is -2.35. The first-order valence-corrected chi connectivity index (χ1v) is 4.05. The maximum absolute atomic E-state index is 12.9. The number of carbonyl (C=O) groups is 1. The van der Waals surface area contributed by atoms with Crippen LogP contribution in [0.15, 0.2) is 18.2 Å². The number of benzene rings is 1. The van der Waals surface area contributed by atoms with Crippen LogP contribution in [0.4, 0.5) is 26.3 Å². The van der Waals surface area contributed by atoms with Crippen LogP contribution in [-0.2, 0) is 5.92 Å². The van der Waals surface area contributed by atoms with Gasteiger partial charge in [-0.3, -0.25) is 0 Å². The van der Waals surface area contributed by atoms with E-state index in [0.717, 1.165) is 0 Å². The van der Waals surface area contributed by atoms with E-state index in [1.165, 1.54) is 0 Å². The molecule has 2 nitrogen and oxygen atoms in total. The smallest absolute Gasteiger partial charge is 0.458 e. The predicted molar refractivity (Wildman–Crippen MR) is 43.3 cm³/mol. The monoisotopic (exact) mass is 258 g/mol. The number of carboxylic acid groups (broad SMARTS) is 1. The summed E-state index contributed by atoms with van der Waals surface area (Å²) in [4.78, 5) is 10.5. The molecule has 0 atom stereocenters. The molecule has 94 valence electrons. The van der Waals surface area contributed by atoms with E-state index in [1.54, 1.807) is 0 Å². The molecule has 0 aliphatic carbocycles. The molecule has 0 fully saturated rings. The number of hydrogen-bond donors (Lipinski definition) is 1. The standard InChI is InChI=1S/C9H4F6O2/c10-4-1-2-5(7(16)17)6(3-4)8(11,12)9(13,14)15/h1-3H,(H,16,17). The Hall–Kier alpha value is -1.73. The van der Waals surface area contributed by atoms with Gasteiger partial charge < -0.3 is 5.11 Å². The van der Waals surface area contributed by atoms with Crippen molar-refractivity contribution in [1.29, 1.82) is 0 Å². The van der Waals surface area contributed by atoms with Crippen molar-refractivity contribution in [3.63, 3.8) is 0 Å². The Morgan fingerprint density at radius 2 is 1.65 bits per heavy atom. The first-order chi connectivity index (χ1) is 7.57. The summed E-state index contributed by atoms with van der Waals surface area (Å²) in [5.74, 6) is -8.80. The van der Waals surface area contributed by atoms with Gasteiger partial charge in [0.05, 0.1) is 5.56 Å². The minimum Gasteiger partial charge on any atom is -0.478 e. The molecule has 0 heterocycles. The third-order valence-corrected chi connectivity index (χ3v) is 1.91. The number of alkyl halides is 5. The fourth-order valence-corrected chi connectivity index (χ4v) is 1.12. The van der Waals surface area contributed by atoms with Gasteiger partial charge in [-0.05, 0) is 18.2 Å². The summed E-state index contributed by atoms with van der Waals surface area (Å²) in [7, 11) is 0. The molecule has 0 bridgehead atoms. The van der Waals surface area contributed by atoms with Crippen molar-refractivity contribution in [3.8, 4) is 0 Å². The number of hydrogen-bond acceptors (Lipinski definition) is 1. The molecule has 0 amide bonds. The van der Waals surface area contributed by atoms with Crippen molar-refractivity contribution in [2.24, 2.45) is 0 Å². The van der Waals surface area contributed by atoms with E-state index in [4.69, 9.17) is 5.11 Å². The van der Waals surface area contributed by atoms with Gasteiger partial charge in [0.15, 0.2) is 0 Å². The molecular weight excluding hydrogens is 254 g/mol. The molecule has 0 aliphatic rings. The zero-order chi connectivity index (χ0) is 13.4. The van der Waals surface area contributed by atoms with Crippen molar-refractivity contribution in [2.75, 3.05) is 0 Å². The second kappa shape index (κ2) is 3.94. The summed E-state index contributed by atoms with van der Waals surface area (Å²) in [6.45, 7) is 0. The van der Waals surface area contributed by atoms with E-state index in [-0.39, 0.29) is 6.07 Å². The van der Waals surface area contributed by atoms with Crippen molar-refractivity contribution in [3.05, 3.63) is 35.1 Å². The average Bonchev–Trinajstić information content (AvgIpc) is 2.15. The number of carboxylic acids is 1. The van der Waals surface area contributed by atoms with Crippen LogP contribution < -0.4 is 0 Å². The lowest BCUT2D eigenvalue weighted by atomic mass is 10.0. The topological polar surface area (TPSA) is 37.3 Å². The molecule has 0 spiro atoms. The number of rotatable bonds is 2. The highest BCUT2D eigenvalue weighted by Crippen LogP contribution is 2.45. The van der Waals surface area contributed by atoms with Crippen LogP contribution in [0.1, 0.15) is 15.9 Å². The molecule has 0 radical (unpaired) electrons. The molecule has 17 heavy (non-hydrogen) atoms. The lowest BCUT2D eigenvalue weighted by molar-refractivity contribution is -0.289. The summed E-state index contributed by atoms with van der Waals surface area (Å²) in [5, 5.41) is 8.46. The van der Waals surface area contributed by atoms with Crippen molar-refractivity contribution < 1.29 is 36.2 Å². The maximum atomic E-state index is 12.9. The fraction of sp³-hybridized carbons (Fsp3) is 0.222. The van der Waals surface area contributed by atoms with Crippen molar-refractivity contribution in [1.82, 2.24) is 0 Å². The highest BCUT2D eigenvalue weighted by molar-refractivity contribution is 5.89. The minimum absolute atomic E-state index is 0.142. The third kappa shape index (κ3) is 2.34. The van der Waals surface area contributed by atoms with Crippen LogP contribution >= 0.6 is 0 Å². The summed E-state index contributed by atoms with van der Waals surface area (Å²) >= 11 is 0. The van der Waals surface area contributed by atoms with Gasteiger partial charge in [0.1, 0.15) is 5.82 Å². The molecule has 1 aromatic rings. The highest BCUT2D eigenvalue weighted by atomic mass is 19.4. The predicted octanol–water partition coefficient (Wildman–Crippen LogP) is 3.18. The SMILES string of the molecule is O=C(O)c1ccc(F)cc1C(F)(F)C(F)(F)F. The van der Waals surface area contributed by atoms with E-state index >= 15 is 0 Å². The Morgan fingerprint density at radius 1 is 1.12 bits per heavy atom. The Labute approximate surface area is 90.5 Å². The third-order valence-electron chi connectivity index (χ3n) is 1.91. The molecule has 1 aromatic carbocycles. The second-order valence-corrected chi connectivity index (χ2v) is 3.07. The molecular formula is C9H4F6O2. The molecule has 1 N–H and O–H groups in total. The van der Waals surface area contributed by atoms with E-state index < -0.39 is 35.0 Å². The van der Waals surface area contributed by atoms with Crippen molar-refractivity contribution >= 4 is 5.97 Å². The molecule has 0 saturated carbocycles. The lowest BCUT2D eigenvalue weighted by Gasteiger charge is -2.21. The van der Waals surface area contributed by atoms with Crippen molar-refractivity contribution in [2.45, 2.75) is 12.1 Å². The molecule has 8 heteroatoms. The Kier molecular flexibility index (Phi) is 3.09. The van der Waals surface area contributed by atoms with Gasteiger partial charge in [-0.2, -0.15) is 22.0 Å². The Morgan fingerprint density at radius 3 is 2.06 bits per heavy atom. The average molecular weight is 258 g/mol. The van der Waals surface area contributed by atoms with Crippen LogP contribution in [0, 0.1) is 5.82 Å². The Balaban J connectivity index is 3.49. The molecule has 0 aromatic heterocycles. The zero-order valence-electron chi connectivity index (χ0n) is 7.86. The van der Waals surface area contributed by atoms with Gasteiger partial charge in [-0.15, -0.1) is 0 Å². The van der Waals surface area contributed by atoms with E-state index in [0.29, 0.717) is 12.1 Å². The van der Waals surface area contributed by atoms with E-state index in [1.807, 2.05) is 0 Å². The zero-order valence-corrected chi connectivity index (χ0v) is 7.86. The molecule has 0 saturated heterocycles. The molecule has 0 aliphatic heterocycles. The summed E-state index contributed by atoms with van der Waals surface area (Å²) < 4.78 is 74.5. The highest BCUT2D eigenvalue weighted by Gasteiger charge is 2.60. The number of aromatic carboxylic acids is 1.